The van der Waals surface area contributed by atoms with Gasteiger partial charge >= 0.3 is 6.03 Å². The highest BCUT2D eigenvalue weighted by molar-refractivity contribution is 6.34. The van der Waals surface area contributed by atoms with E-state index in [4.69, 9.17) is 27.5 Å². The number of hydrogen-bond acceptors (Lipinski definition) is 3. The fourth-order valence-corrected chi connectivity index (χ4v) is 1.38. The fourth-order valence-electron chi connectivity index (χ4n) is 1.17. The normalized spacial score (nSPS) is 9.53. The van der Waals surface area contributed by atoms with Crippen LogP contribution in [-0.4, -0.2) is 18.6 Å². The Hall–Kier alpha value is -1.95. The molecule has 0 heterocycles. The molecule has 0 fully saturated rings. The lowest BCUT2D eigenvalue weighted by atomic mass is 10.3. The van der Waals surface area contributed by atoms with E-state index < -0.39 is 12.0 Å². The van der Waals surface area contributed by atoms with Gasteiger partial charge in [-0.15, -0.1) is 0 Å². The molecule has 0 spiro atoms. The van der Waals surface area contributed by atoms with Crippen molar-refractivity contribution in [3.63, 3.8) is 0 Å². The van der Waals surface area contributed by atoms with Crippen molar-refractivity contribution in [2.45, 2.75) is 6.92 Å². The van der Waals surface area contributed by atoms with Crippen LogP contribution in [0.3, 0.4) is 0 Å². The van der Waals surface area contributed by atoms with Crippen LogP contribution in [0.25, 0.3) is 0 Å². The first kappa shape index (κ1) is 13.1. The minimum atomic E-state index is -0.647. The van der Waals surface area contributed by atoms with Crippen molar-refractivity contribution in [1.82, 2.24) is 5.32 Å². The van der Waals surface area contributed by atoms with Gasteiger partial charge < -0.3 is 15.8 Å². The molecule has 0 saturated heterocycles. The number of nitrogens with one attached hydrogen (secondary N) is 3. The van der Waals surface area contributed by atoms with Crippen LogP contribution in [0.1, 0.15) is 6.92 Å². The number of anilines is 1. The molecule has 0 unspecified atom stereocenters. The van der Waals surface area contributed by atoms with E-state index in [0.29, 0.717) is 23.1 Å². The maximum atomic E-state index is 11.4. The number of carbonyl (C=O) groups is 1. The monoisotopic (exact) mass is 256 g/mol. The van der Waals surface area contributed by atoms with Crippen molar-refractivity contribution in [3.05, 3.63) is 23.2 Å². The Morgan fingerprint density at radius 3 is 2.88 bits per heavy atom. The van der Waals surface area contributed by atoms with E-state index in [1.807, 2.05) is 6.92 Å². The molecule has 0 saturated carbocycles. The SMILES string of the molecule is CCOc1cccc(Cl)c1NC(=O)NC(=N)N. The summed E-state index contributed by atoms with van der Waals surface area (Å²) in [5.41, 5.74) is 5.37. The van der Waals surface area contributed by atoms with Crippen LogP contribution in [0.4, 0.5) is 10.5 Å². The van der Waals surface area contributed by atoms with Crippen LogP contribution < -0.4 is 21.1 Å². The molecular weight excluding hydrogens is 244 g/mol. The number of guanidine groups is 1. The first-order valence-corrected chi connectivity index (χ1v) is 5.25. The zero-order valence-electron chi connectivity index (χ0n) is 9.21. The summed E-state index contributed by atoms with van der Waals surface area (Å²) in [5.74, 6) is 0.00576. The molecule has 6 nitrogen and oxygen atoms in total. The topological polar surface area (TPSA) is 100 Å². The van der Waals surface area contributed by atoms with E-state index >= 15 is 0 Å². The van der Waals surface area contributed by atoms with Crippen LogP contribution in [0.2, 0.25) is 5.02 Å². The molecular formula is C10H13ClN4O2. The van der Waals surface area contributed by atoms with Gasteiger partial charge in [0.2, 0.25) is 0 Å². The van der Waals surface area contributed by atoms with Crippen LogP contribution in [0, 0.1) is 5.41 Å². The molecule has 0 aliphatic rings. The summed E-state index contributed by atoms with van der Waals surface area (Å²) >= 11 is 5.94. The highest BCUT2D eigenvalue weighted by Crippen LogP contribution is 2.32. The van der Waals surface area contributed by atoms with Crippen LogP contribution in [-0.2, 0) is 0 Å². The number of ether oxygens (including phenoxy) is 1. The zero-order chi connectivity index (χ0) is 12.8. The Morgan fingerprint density at radius 1 is 1.59 bits per heavy atom. The summed E-state index contributed by atoms with van der Waals surface area (Å²) in [6.45, 7) is 2.27. The first-order chi connectivity index (χ1) is 8.04. The van der Waals surface area contributed by atoms with Gasteiger partial charge in [0, 0.05) is 0 Å². The van der Waals surface area contributed by atoms with Gasteiger partial charge in [-0.2, -0.15) is 0 Å². The smallest absolute Gasteiger partial charge is 0.326 e. The number of carbonyl (C=O) groups excluding carboxylic acids is 1. The average molecular weight is 257 g/mol. The molecule has 0 aromatic heterocycles. The van der Waals surface area contributed by atoms with Crippen LogP contribution in [0.15, 0.2) is 18.2 Å². The van der Waals surface area contributed by atoms with Crippen molar-refractivity contribution in [1.29, 1.82) is 5.41 Å². The van der Waals surface area contributed by atoms with Gasteiger partial charge in [-0.25, -0.2) is 4.79 Å². The highest BCUT2D eigenvalue weighted by atomic mass is 35.5. The number of nitrogens with two attached hydrogens (primary N) is 1. The summed E-state index contributed by atoms with van der Waals surface area (Å²) < 4.78 is 5.31. The average Bonchev–Trinajstić information content (AvgIpc) is 2.22. The summed E-state index contributed by atoms with van der Waals surface area (Å²) in [5, 5.41) is 11.8. The fraction of sp³-hybridized carbons (Fsp3) is 0.200. The molecule has 92 valence electrons. The minimum absolute atomic E-state index is 0.342. The lowest BCUT2D eigenvalue weighted by Gasteiger charge is -2.13. The van der Waals surface area contributed by atoms with Gasteiger partial charge in [0.05, 0.1) is 11.6 Å². The van der Waals surface area contributed by atoms with Crippen molar-refractivity contribution in [2.24, 2.45) is 5.73 Å². The second-order valence-electron chi connectivity index (χ2n) is 3.04. The number of para-hydroxylation sites is 1. The number of urea groups is 1. The Morgan fingerprint density at radius 2 is 2.29 bits per heavy atom. The number of halogens is 1. The maximum Gasteiger partial charge on any atom is 0.326 e. The van der Waals surface area contributed by atoms with Gasteiger partial charge in [0.1, 0.15) is 11.4 Å². The van der Waals surface area contributed by atoms with E-state index in [1.165, 1.54) is 0 Å². The van der Waals surface area contributed by atoms with Crippen LogP contribution in [0.5, 0.6) is 5.75 Å². The van der Waals surface area contributed by atoms with E-state index in [9.17, 15) is 4.79 Å². The summed E-state index contributed by atoms with van der Waals surface area (Å²) in [6.07, 6.45) is 0. The summed E-state index contributed by atoms with van der Waals surface area (Å²) in [7, 11) is 0. The Kier molecular flexibility index (Phi) is 4.59. The van der Waals surface area contributed by atoms with Gasteiger partial charge in [0.25, 0.3) is 0 Å². The molecule has 0 aliphatic heterocycles. The molecule has 0 bridgehead atoms. The molecule has 1 rings (SSSR count). The molecule has 0 atom stereocenters. The number of amides is 2. The second kappa shape index (κ2) is 5.95. The summed E-state index contributed by atoms with van der Waals surface area (Å²) in [4.78, 5) is 11.4. The third kappa shape index (κ3) is 3.84. The van der Waals surface area contributed by atoms with Crippen molar-refractivity contribution in [3.8, 4) is 5.75 Å². The minimum Gasteiger partial charge on any atom is -0.492 e. The predicted octanol–water partition coefficient (Wildman–Crippen LogP) is 1.75. The van der Waals surface area contributed by atoms with Gasteiger partial charge in [0.15, 0.2) is 5.96 Å². The zero-order valence-corrected chi connectivity index (χ0v) is 9.97. The first-order valence-electron chi connectivity index (χ1n) is 4.88. The summed E-state index contributed by atoms with van der Waals surface area (Å²) in [6, 6.07) is 4.36. The lowest BCUT2D eigenvalue weighted by Crippen LogP contribution is -2.38. The number of rotatable bonds is 3. The van der Waals surface area contributed by atoms with E-state index in [0.717, 1.165) is 0 Å². The maximum absolute atomic E-state index is 11.4. The van der Waals surface area contributed by atoms with Gasteiger partial charge in [-0.3, -0.25) is 10.7 Å². The van der Waals surface area contributed by atoms with Gasteiger partial charge in [-0.05, 0) is 19.1 Å². The van der Waals surface area contributed by atoms with Gasteiger partial charge in [-0.1, -0.05) is 17.7 Å². The van der Waals surface area contributed by atoms with E-state index in [-0.39, 0.29) is 0 Å². The third-order valence-electron chi connectivity index (χ3n) is 1.76. The Bertz CT molecular complexity index is 436. The third-order valence-corrected chi connectivity index (χ3v) is 2.08. The largest absolute Gasteiger partial charge is 0.492 e. The molecule has 1 aromatic rings. The Balaban J connectivity index is 2.88. The molecule has 17 heavy (non-hydrogen) atoms. The van der Waals surface area contributed by atoms with E-state index in [2.05, 4.69) is 10.6 Å². The predicted molar refractivity (Wildman–Crippen MR) is 66.7 cm³/mol. The van der Waals surface area contributed by atoms with Crippen LogP contribution >= 0.6 is 11.6 Å². The molecule has 0 aliphatic carbocycles. The molecule has 7 heteroatoms. The Labute approximate surface area is 104 Å². The molecule has 0 radical (unpaired) electrons. The standard InChI is InChI=1S/C10H13ClN4O2/c1-2-17-7-5-3-4-6(11)8(7)14-10(16)15-9(12)13/h3-5H,2H2,1H3,(H5,12,13,14,15,16). The molecule has 5 N–H and O–H groups in total. The molecule has 2 amide bonds. The second-order valence-corrected chi connectivity index (χ2v) is 3.45. The van der Waals surface area contributed by atoms with Crippen molar-refractivity contribution < 1.29 is 9.53 Å². The number of benzene rings is 1. The lowest BCUT2D eigenvalue weighted by molar-refractivity contribution is 0.255. The number of hydrogen-bond donors (Lipinski definition) is 4. The quantitative estimate of drug-likeness (QED) is 0.490. The molecule has 1 aromatic carbocycles. The van der Waals surface area contributed by atoms with Crippen molar-refractivity contribution >= 4 is 29.3 Å². The van der Waals surface area contributed by atoms with E-state index in [1.54, 1.807) is 18.2 Å². The highest BCUT2D eigenvalue weighted by Gasteiger charge is 2.11. The van der Waals surface area contributed by atoms with Crippen molar-refractivity contribution in [2.75, 3.05) is 11.9 Å².